The van der Waals surface area contributed by atoms with Crippen molar-refractivity contribution in [1.29, 1.82) is 5.26 Å². The molecule has 0 radical (unpaired) electrons. The molecule has 86 valence electrons. The molecule has 0 aliphatic rings. The third-order valence-corrected chi connectivity index (χ3v) is 1.32. The number of rotatable bonds is 5. The highest BCUT2D eigenvalue weighted by Gasteiger charge is 2.10. The summed E-state index contributed by atoms with van der Waals surface area (Å²) in [4.78, 5) is 18.6. The molecule has 2 N–H and O–H groups in total. The van der Waals surface area contributed by atoms with E-state index in [0.29, 0.717) is 12.3 Å². The summed E-state index contributed by atoms with van der Waals surface area (Å²) in [6.45, 7) is 5.56. The molecule has 6 nitrogen and oxygen atoms in total. The summed E-state index contributed by atoms with van der Waals surface area (Å²) in [5.74, 6) is -0.800. The van der Waals surface area contributed by atoms with Crippen molar-refractivity contribution in [2.45, 2.75) is 20.8 Å². The van der Waals surface area contributed by atoms with Gasteiger partial charge in [-0.2, -0.15) is 5.26 Å². The van der Waals surface area contributed by atoms with Gasteiger partial charge in [0.25, 0.3) is 5.91 Å². The highest BCUT2D eigenvalue weighted by Crippen LogP contribution is 2.07. The summed E-state index contributed by atoms with van der Waals surface area (Å²) >= 11 is 0. The van der Waals surface area contributed by atoms with Crippen LogP contribution in [0.1, 0.15) is 20.8 Å². The molecule has 0 fully saturated rings. The lowest BCUT2D eigenvalue weighted by atomic mass is 10.3. The molecule has 0 unspecified atom stereocenters. The number of nitrogens with zero attached hydrogens (tertiary/aromatic N) is 3. The minimum absolute atomic E-state index is 0.165. The summed E-state index contributed by atoms with van der Waals surface area (Å²) in [6, 6.07) is 1.74. The molecule has 0 aromatic heterocycles. The second-order valence-corrected chi connectivity index (χ2v) is 2.92. The Balaban J connectivity index is 5.28. The van der Waals surface area contributed by atoms with Crippen molar-refractivity contribution in [3.8, 4) is 6.07 Å². The van der Waals surface area contributed by atoms with Crippen LogP contribution in [0.5, 0.6) is 0 Å². The molecular formula is C10H14N4O2. The fraction of sp³-hybridized carbons (Fsp3) is 0.400. The molecule has 6 heteroatoms. The van der Waals surface area contributed by atoms with Crippen LogP contribution in [0.3, 0.4) is 0 Å². The number of allylic oxidation sites excluding steroid dienone is 1. The largest absolute Gasteiger partial charge is 0.483 e. The van der Waals surface area contributed by atoms with Crippen LogP contribution < -0.4 is 5.73 Å². The average molecular weight is 222 g/mol. The molecule has 0 spiro atoms. The Morgan fingerprint density at radius 2 is 2.19 bits per heavy atom. The van der Waals surface area contributed by atoms with Gasteiger partial charge < -0.3 is 10.5 Å². The summed E-state index contributed by atoms with van der Waals surface area (Å²) in [5, 5.41) is 8.80. The maximum absolute atomic E-state index is 11.1. The van der Waals surface area contributed by atoms with Gasteiger partial charge >= 0.3 is 0 Å². The molecule has 0 aromatic carbocycles. The summed E-state index contributed by atoms with van der Waals surface area (Å²) in [7, 11) is 0. The Bertz CT molecular complexity index is 384. The number of ether oxygens (including phenoxy) is 1. The van der Waals surface area contributed by atoms with Gasteiger partial charge in [-0.05, 0) is 20.8 Å². The van der Waals surface area contributed by atoms with Crippen LogP contribution in [0.4, 0.5) is 0 Å². The van der Waals surface area contributed by atoms with Crippen LogP contribution >= 0.6 is 0 Å². The fourth-order valence-corrected chi connectivity index (χ4v) is 0.756. The molecule has 1 amide bonds. The number of primary amides is 1. The molecule has 0 atom stereocenters. The van der Waals surface area contributed by atoms with Crippen LogP contribution in [0, 0.1) is 11.3 Å². The monoisotopic (exact) mass is 222 g/mol. The Morgan fingerprint density at radius 3 is 2.56 bits per heavy atom. The van der Waals surface area contributed by atoms with Crippen LogP contribution in [0.2, 0.25) is 0 Å². The van der Waals surface area contributed by atoms with E-state index >= 15 is 0 Å². The van der Waals surface area contributed by atoms with Crippen molar-refractivity contribution >= 4 is 18.0 Å². The summed E-state index contributed by atoms with van der Waals surface area (Å²) in [5.41, 5.74) is 5.37. The third kappa shape index (κ3) is 4.91. The van der Waals surface area contributed by atoms with E-state index in [1.165, 1.54) is 0 Å². The predicted molar refractivity (Wildman–Crippen MR) is 60.7 cm³/mol. The van der Waals surface area contributed by atoms with E-state index in [1.54, 1.807) is 26.8 Å². The number of nitriles is 1. The van der Waals surface area contributed by atoms with Gasteiger partial charge in [0.2, 0.25) is 0 Å². The summed E-state index contributed by atoms with van der Waals surface area (Å²) in [6.07, 6.45) is 1.09. The van der Waals surface area contributed by atoms with E-state index in [4.69, 9.17) is 15.7 Å². The molecule has 0 saturated heterocycles. The van der Waals surface area contributed by atoms with Gasteiger partial charge in [0.05, 0.1) is 6.61 Å². The molecule has 0 heterocycles. The zero-order chi connectivity index (χ0) is 12.6. The first-order valence-corrected chi connectivity index (χ1v) is 4.63. The Labute approximate surface area is 94.1 Å². The maximum atomic E-state index is 11.1. The number of carbonyl (C=O) groups is 1. The van der Waals surface area contributed by atoms with Gasteiger partial charge in [-0.15, -0.1) is 0 Å². The second-order valence-electron chi connectivity index (χ2n) is 2.92. The Kier molecular flexibility index (Phi) is 6.21. The van der Waals surface area contributed by atoms with Crippen molar-refractivity contribution in [3.63, 3.8) is 0 Å². The highest BCUT2D eigenvalue weighted by molar-refractivity contribution is 5.96. The van der Waals surface area contributed by atoms with Crippen molar-refractivity contribution in [2.24, 2.45) is 15.7 Å². The molecule has 0 saturated carbocycles. The topological polar surface area (TPSA) is 101 Å². The quantitative estimate of drug-likeness (QED) is 0.321. The van der Waals surface area contributed by atoms with Crippen LogP contribution in [0.15, 0.2) is 21.4 Å². The highest BCUT2D eigenvalue weighted by atomic mass is 16.5. The fourth-order valence-electron chi connectivity index (χ4n) is 0.756. The van der Waals surface area contributed by atoms with Gasteiger partial charge in [0.1, 0.15) is 6.07 Å². The van der Waals surface area contributed by atoms with E-state index in [0.717, 1.165) is 6.40 Å². The number of carbonyl (C=O) groups excluding carboxylic acids is 1. The molecule has 16 heavy (non-hydrogen) atoms. The number of aliphatic imine (C=N–C) groups is 2. The van der Waals surface area contributed by atoms with Crippen LogP contribution in [0.25, 0.3) is 0 Å². The van der Waals surface area contributed by atoms with Gasteiger partial charge in [0.15, 0.2) is 17.8 Å². The van der Waals surface area contributed by atoms with E-state index in [2.05, 4.69) is 9.98 Å². The average Bonchev–Trinajstić information content (AvgIpc) is 2.21. The molecule has 0 aromatic rings. The lowest BCUT2D eigenvalue weighted by molar-refractivity contribution is -0.114. The van der Waals surface area contributed by atoms with Gasteiger partial charge in [-0.3, -0.25) is 4.79 Å². The van der Waals surface area contributed by atoms with Crippen molar-refractivity contribution in [3.05, 3.63) is 11.4 Å². The lowest BCUT2D eigenvalue weighted by Crippen LogP contribution is -2.15. The molecule has 0 rings (SSSR count). The van der Waals surface area contributed by atoms with E-state index in [-0.39, 0.29) is 11.4 Å². The molecule has 0 aliphatic carbocycles. The molecular weight excluding hydrogens is 208 g/mol. The minimum Gasteiger partial charge on any atom is -0.483 e. The Hall–Kier alpha value is -2.16. The zero-order valence-electron chi connectivity index (χ0n) is 9.52. The second kappa shape index (κ2) is 7.17. The van der Waals surface area contributed by atoms with Crippen molar-refractivity contribution in [1.82, 2.24) is 0 Å². The Morgan fingerprint density at radius 1 is 1.56 bits per heavy atom. The standard InChI is InChI=1S/C10H14N4O2/c1-4-16-6-13-8(5-11)9(10(12)15)14-7(2)3/h6H,4H2,1-3H3,(H2,12,15)/b9-8+,13-6?. The smallest absolute Gasteiger partial charge is 0.270 e. The maximum Gasteiger partial charge on any atom is 0.270 e. The number of hydrogen-bond donors (Lipinski definition) is 1. The first kappa shape index (κ1) is 13.8. The van der Waals surface area contributed by atoms with Gasteiger partial charge in [-0.25, -0.2) is 9.98 Å². The normalized spacial score (nSPS) is 11.6. The van der Waals surface area contributed by atoms with Gasteiger partial charge in [0, 0.05) is 5.71 Å². The first-order valence-electron chi connectivity index (χ1n) is 4.63. The molecule has 0 aliphatic heterocycles. The van der Waals surface area contributed by atoms with Gasteiger partial charge in [-0.1, -0.05) is 0 Å². The van der Waals surface area contributed by atoms with E-state index in [1.807, 2.05) is 0 Å². The first-order chi connectivity index (χ1) is 7.52. The van der Waals surface area contributed by atoms with Crippen LogP contribution in [-0.2, 0) is 9.53 Å². The summed E-state index contributed by atoms with van der Waals surface area (Å²) < 4.78 is 4.82. The van der Waals surface area contributed by atoms with Crippen molar-refractivity contribution in [2.75, 3.05) is 6.61 Å². The number of nitrogens with two attached hydrogens (primary N) is 1. The van der Waals surface area contributed by atoms with Crippen LogP contribution in [-0.4, -0.2) is 24.6 Å². The minimum atomic E-state index is -0.800. The zero-order valence-corrected chi connectivity index (χ0v) is 9.52. The SMILES string of the molecule is CCOC=N/C(C#N)=C(/N=C(C)C)C(N)=O. The number of hydrogen-bond acceptors (Lipinski definition) is 5. The van der Waals surface area contributed by atoms with E-state index < -0.39 is 5.91 Å². The lowest BCUT2D eigenvalue weighted by Gasteiger charge is -1.98. The van der Waals surface area contributed by atoms with E-state index in [9.17, 15) is 4.79 Å². The predicted octanol–water partition coefficient (Wildman–Crippen LogP) is 0.752. The third-order valence-electron chi connectivity index (χ3n) is 1.32. The number of amides is 1. The van der Waals surface area contributed by atoms with Crippen molar-refractivity contribution < 1.29 is 9.53 Å². The molecule has 0 bridgehead atoms.